The van der Waals surface area contributed by atoms with E-state index in [0.29, 0.717) is 6.07 Å². The minimum Gasteiger partial charge on any atom is -0.475 e. The zero-order valence-corrected chi connectivity index (χ0v) is 9.03. The highest BCUT2D eigenvalue weighted by atomic mass is 19.3. The lowest BCUT2D eigenvalue weighted by Crippen LogP contribution is -1.99. The number of oxazole rings is 1. The fourth-order valence-corrected chi connectivity index (χ4v) is 1.43. The summed E-state index contributed by atoms with van der Waals surface area (Å²) >= 11 is 0. The van der Waals surface area contributed by atoms with Crippen molar-refractivity contribution in [1.29, 1.82) is 0 Å². The van der Waals surface area contributed by atoms with Gasteiger partial charge in [0.05, 0.1) is 0 Å². The molecular weight excluding hydrogens is 270 g/mol. The number of hydrogen-bond acceptors (Lipinski definition) is 3. The molecule has 1 aromatic heterocycles. The average Bonchev–Trinajstić information content (AvgIpc) is 2.72. The maximum absolute atomic E-state index is 13.0. The number of halogens is 4. The molecule has 1 aromatic carbocycles. The SMILES string of the molecule is O=C(O)c1oc(-c2cc(F)cc(F)c2)nc1C(F)F. The van der Waals surface area contributed by atoms with Crippen LogP contribution in [0.1, 0.15) is 22.7 Å². The van der Waals surface area contributed by atoms with Gasteiger partial charge in [0.15, 0.2) is 5.69 Å². The fourth-order valence-electron chi connectivity index (χ4n) is 1.43. The van der Waals surface area contributed by atoms with E-state index in [1.54, 1.807) is 0 Å². The van der Waals surface area contributed by atoms with E-state index < -0.39 is 41.4 Å². The molecule has 1 N–H and O–H groups in total. The van der Waals surface area contributed by atoms with Gasteiger partial charge in [0.25, 0.3) is 6.43 Å². The van der Waals surface area contributed by atoms with Crippen molar-refractivity contribution in [2.24, 2.45) is 0 Å². The number of benzene rings is 1. The topological polar surface area (TPSA) is 63.3 Å². The van der Waals surface area contributed by atoms with Crippen molar-refractivity contribution in [3.8, 4) is 11.5 Å². The van der Waals surface area contributed by atoms with Crippen LogP contribution in [0.2, 0.25) is 0 Å². The van der Waals surface area contributed by atoms with Gasteiger partial charge < -0.3 is 9.52 Å². The summed E-state index contributed by atoms with van der Waals surface area (Å²) in [5.41, 5.74) is -1.36. The monoisotopic (exact) mass is 275 g/mol. The van der Waals surface area contributed by atoms with Gasteiger partial charge in [-0.3, -0.25) is 0 Å². The molecule has 0 unspecified atom stereocenters. The first kappa shape index (κ1) is 13.1. The molecular formula is C11H5F4NO3. The number of carbonyl (C=O) groups is 1. The first-order valence-electron chi connectivity index (χ1n) is 4.87. The van der Waals surface area contributed by atoms with E-state index in [-0.39, 0.29) is 5.56 Å². The minimum absolute atomic E-state index is 0.271. The Morgan fingerprint density at radius 3 is 2.21 bits per heavy atom. The van der Waals surface area contributed by atoms with Crippen LogP contribution in [0.3, 0.4) is 0 Å². The third-order valence-corrected chi connectivity index (χ3v) is 2.16. The Labute approximate surface area is 103 Å². The summed E-state index contributed by atoms with van der Waals surface area (Å²) in [5, 5.41) is 8.67. The van der Waals surface area contributed by atoms with Crippen LogP contribution >= 0.6 is 0 Å². The van der Waals surface area contributed by atoms with E-state index >= 15 is 0 Å². The van der Waals surface area contributed by atoms with Gasteiger partial charge in [-0.1, -0.05) is 0 Å². The molecule has 0 saturated carbocycles. The van der Waals surface area contributed by atoms with Gasteiger partial charge in [0, 0.05) is 11.6 Å². The van der Waals surface area contributed by atoms with Crippen molar-refractivity contribution in [1.82, 2.24) is 4.98 Å². The standard InChI is InChI=1S/C11H5F4NO3/c12-5-1-4(2-6(13)3-5)10-16-7(9(14)15)8(19-10)11(17)18/h1-3,9H,(H,17,18). The van der Waals surface area contributed by atoms with Gasteiger partial charge in [0.2, 0.25) is 11.7 Å². The highest BCUT2D eigenvalue weighted by Gasteiger charge is 2.27. The van der Waals surface area contributed by atoms with Crippen LogP contribution < -0.4 is 0 Å². The van der Waals surface area contributed by atoms with Crippen LogP contribution in [0.25, 0.3) is 11.5 Å². The Balaban J connectivity index is 2.57. The summed E-state index contributed by atoms with van der Waals surface area (Å²) in [6, 6.07) is 2.14. The van der Waals surface area contributed by atoms with Crippen LogP contribution in [-0.4, -0.2) is 16.1 Å². The van der Waals surface area contributed by atoms with Crippen LogP contribution in [0.4, 0.5) is 17.6 Å². The number of hydrogen-bond donors (Lipinski definition) is 1. The first-order valence-corrected chi connectivity index (χ1v) is 4.87. The molecule has 0 amide bonds. The second-order valence-corrected chi connectivity index (χ2v) is 3.50. The van der Waals surface area contributed by atoms with Crippen molar-refractivity contribution < 1.29 is 31.9 Å². The normalized spacial score (nSPS) is 11.0. The summed E-state index contributed by atoms with van der Waals surface area (Å²) in [6.45, 7) is 0. The summed E-state index contributed by atoms with van der Waals surface area (Å²) in [6.07, 6.45) is -3.18. The second-order valence-electron chi connectivity index (χ2n) is 3.50. The Morgan fingerprint density at radius 2 is 1.79 bits per heavy atom. The van der Waals surface area contributed by atoms with Crippen LogP contribution in [0, 0.1) is 11.6 Å². The van der Waals surface area contributed by atoms with Crippen molar-refractivity contribution >= 4 is 5.97 Å². The van der Waals surface area contributed by atoms with Crippen molar-refractivity contribution in [2.75, 3.05) is 0 Å². The molecule has 2 rings (SSSR count). The van der Waals surface area contributed by atoms with Gasteiger partial charge in [-0.25, -0.2) is 27.3 Å². The van der Waals surface area contributed by atoms with E-state index in [0.717, 1.165) is 12.1 Å². The molecule has 0 radical (unpaired) electrons. The van der Waals surface area contributed by atoms with Gasteiger partial charge in [-0.05, 0) is 12.1 Å². The van der Waals surface area contributed by atoms with Crippen LogP contribution in [0.5, 0.6) is 0 Å². The molecule has 0 spiro atoms. The Morgan fingerprint density at radius 1 is 1.21 bits per heavy atom. The van der Waals surface area contributed by atoms with Gasteiger partial charge >= 0.3 is 5.97 Å². The summed E-state index contributed by atoms with van der Waals surface area (Å²) < 4.78 is 55.6. The van der Waals surface area contributed by atoms with Gasteiger partial charge in [0.1, 0.15) is 11.6 Å². The molecule has 4 nitrogen and oxygen atoms in total. The van der Waals surface area contributed by atoms with Crippen LogP contribution in [0.15, 0.2) is 22.6 Å². The summed E-state index contributed by atoms with van der Waals surface area (Å²) in [7, 11) is 0. The third-order valence-electron chi connectivity index (χ3n) is 2.16. The van der Waals surface area contributed by atoms with E-state index in [1.165, 1.54) is 0 Å². The maximum Gasteiger partial charge on any atom is 0.374 e. The average molecular weight is 275 g/mol. The van der Waals surface area contributed by atoms with E-state index in [1.807, 2.05) is 0 Å². The lowest BCUT2D eigenvalue weighted by molar-refractivity contribution is 0.0647. The van der Waals surface area contributed by atoms with E-state index in [9.17, 15) is 22.4 Å². The highest BCUT2D eigenvalue weighted by Crippen LogP contribution is 2.29. The molecule has 8 heteroatoms. The number of carboxylic acids is 1. The fraction of sp³-hybridized carbons (Fsp3) is 0.0909. The summed E-state index contributed by atoms with van der Waals surface area (Å²) in [4.78, 5) is 13.9. The maximum atomic E-state index is 13.0. The Bertz CT molecular complexity index is 619. The lowest BCUT2D eigenvalue weighted by atomic mass is 10.2. The molecule has 0 aliphatic carbocycles. The Kier molecular flexibility index (Phi) is 3.24. The number of nitrogens with zero attached hydrogens (tertiary/aromatic N) is 1. The zero-order valence-electron chi connectivity index (χ0n) is 9.03. The van der Waals surface area contributed by atoms with Crippen LogP contribution in [-0.2, 0) is 0 Å². The number of alkyl halides is 2. The lowest BCUT2D eigenvalue weighted by Gasteiger charge is -1.96. The summed E-state index contributed by atoms with van der Waals surface area (Å²) in [5.74, 6) is -5.33. The smallest absolute Gasteiger partial charge is 0.374 e. The number of aromatic nitrogens is 1. The third kappa shape index (κ3) is 2.56. The zero-order chi connectivity index (χ0) is 14.2. The van der Waals surface area contributed by atoms with E-state index in [4.69, 9.17) is 5.11 Å². The van der Waals surface area contributed by atoms with E-state index in [2.05, 4.69) is 9.40 Å². The molecule has 0 aliphatic heterocycles. The molecule has 2 aromatic rings. The molecule has 1 heterocycles. The highest BCUT2D eigenvalue weighted by molar-refractivity contribution is 5.86. The predicted molar refractivity (Wildman–Crippen MR) is 53.8 cm³/mol. The first-order chi connectivity index (χ1) is 8.88. The minimum atomic E-state index is -3.18. The molecule has 100 valence electrons. The van der Waals surface area contributed by atoms with Gasteiger partial charge in [-0.15, -0.1) is 0 Å². The van der Waals surface area contributed by atoms with Gasteiger partial charge in [-0.2, -0.15) is 0 Å². The number of rotatable bonds is 3. The van der Waals surface area contributed by atoms with Crippen molar-refractivity contribution in [3.63, 3.8) is 0 Å². The molecule has 0 saturated heterocycles. The second kappa shape index (κ2) is 4.71. The van der Waals surface area contributed by atoms with Crippen molar-refractivity contribution in [2.45, 2.75) is 6.43 Å². The van der Waals surface area contributed by atoms with Crippen molar-refractivity contribution in [3.05, 3.63) is 41.3 Å². The molecule has 0 bridgehead atoms. The number of carboxylic acid groups (broad SMARTS) is 1. The molecule has 0 fully saturated rings. The number of aromatic carboxylic acids is 1. The Hall–Kier alpha value is -2.38. The predicted octanol–water partition coefficient (Wildman–Crippen LogP) is 3.26. The largest absolute Gasteiger partial charge is 0.475 e. The quantitative estimate of drug-likeness (QED) is 0.873. The molecule has 19 heavy (non-hydrogen) atoms. The molecule has 0 atom stereocenters. The molecule has 0 aliphatic rings.